The van der Waals surface area contributed by atoms with Crippen molar-refractivity contribution in [2.45, 2.75) is 72.0 Å². The molecule has 2 aliphatic rings. The molecule has 0 unspecified atom stereocenters. The summed E-state index contributed by atoms with van der Waals surface area (Å²) in [5.74, 6) is 1.46. The van der Waals surface area contributed by atoms with Crippen LogP contribution in [0.5, 0.6) is 0 Å². The minimum absolute atomic E-state index is 0.235. The van der Waals surface area contributed by atoms with Crippen LogP contribution in [0, 0.1) is 11.3 Å². The number of anilines is 1. The van der Waals surface area contributed by atoms with E-state index in [2.05, 4.69) is 43.6 Å². The lowest BCUT2D eigenvalue weighted by atomic mass is 9.86. The maximum Gasteiger partial charge on any atom is 0.293 e. The molecular weight excluding hydrogens is 352 g/mol. The molecule has 0 atom stereocenters. The first-order valence-corrected chi connectivity index (χ1v) is 10.4. The second-order valence-electron chi connectivity index (χ2n) is 8.83. The first kappa shape index (κ1) is 20.6. The highest BCUT2D eigenvalue weighted by atomic mass is 16.5. The number of nitrogens with zero attached hydrogens (tertiary/aromatic N) is 3. The predicted molar refractivity (Wildman–Crippen MR) is 108 cm³/mol. The normalized spacial score (nSPS) is 18.8. The zero-order valence-corrected chi connectivity index (χ0v) is 17.9. The fourth-order valence-electron chi connectivity index (χ4n) is 4.23. The summed E-state index contributed by atoms with van der Waals surface area (Å²) in [5.41, 5.74) is 3.90. The van der Waals surface area contributed by atoms with Gasteiger partial charge in [-0.2, -0.15) is 5.26 Å². The van der Waals surface area contributed by atoms with Gasteiger partial charge in [0.05, 0.1) is 25.3 Å². The molecule has 6 nitrogen and oxygen atoms in total. The van der Waals surface area contributed by atoms with E-state index in [1.165, 1.54) is 0 Å². The number of H-pyrrole nitrogens is 1. The van der Waals surface area contributed by atoms with E-state index in [0.29, 0.717) is 32.0 Å². The molecule has 1 amide bonds. The van der Waals surface area contributed by atoms with E-state index in [9.17, 15) is 10.1 Å². The van der Waals surface area contributed by atoms with Crippen LogP contribution in [-0.2, 0) is 22.6 Å². The zero-order valence-electron chi connectivity index (χ0n) is 17.9. The highest BCUT2D eigenvalue weighted by Crippen LogP contribution is 2.35. The summed E-state index contributed by atoms with van der Waals surface area (Å²) < 4.78 is 6.04. The average molecular weight is 386 g/mol. The van der Waals surface area contributed by atoms with Crippen molar-refractivity contribution < 1.29 is 14.5 Å². The lowest BCUT2D eigenvalue weighted by molar-refractivity contribution is -0.381. The van der Waals surface area contributed by atoms with Gasteiger partial charge >= 0.3 is 0 Å². The molecule has 0 aromatic carbocycles. The third-order valence-electron chi connectivity index (χ3n) is 5.79. The molecule has 1 fully saturated rings. The molecular formula is C22H33N4O2+. The predicted octanol–water partition coefficient (Wildman–Crippen LogP) is 2.80. The number of pyridine rings is 1. The first-order chi connectivity index (χ1) is 13.3. The molecule has 1 N–H and O–H groups in total. The topological polar surface area (TPSA) is 70.7 Å². The molecule has 1 aromatic rings. The monoisotopic (exact) mass is 385 g/mol. The van der Waals surface area contributed by atoms with Crippen LogP contribution in [0.2, 0.25) is 0 Å². The van der Waals surface area contributed by atoms with Gasteiger partial charge < -0.3 is 9.64 Å². The standard InChI is InChI=1S/C22H32N4O2/c1-6-7-19(27)25-8-10-26(11-9-25)21-17(13-23)16-12-22(4,5)28-14-18(16)20(24-21)15(2)3/h15H,6-12,14H2,1-5H3/p+1. The molecule has 3 rings (SSSR count). The third-order valence-corrected chi connectivity index (χ3v) is 5.79. The van der Waals surface area contributed by atoms with Crippen molar-refractivity contribution in [3.63, 3.8) is 0 Å². The van der Waals surface area contributed by atoms with Gasteiger partial charge in [-0.3, -0.25) is 9.69 Å². The Balaban J connectivity index is 1.95. The Labute approximate surface area is 168 Å². The number of fused-ring (bicyclic) bond motifs is 1. The minimum atomic E-state index is -0.267. The Morgan fingerprint density at radius 1 is 1.25 bits per heavy atom. The van der Waals surface area contributed by atoms with Crippen molar-refractivity contribution in [3.05, 3.63) is 22.4 Å². The summed E-state index contributed by atoms with van der Waals surface area (Å²) in [6, 6.07) is 2.47. The van der Waals surface area contributed by atoms with Crippen molar-refractivity contribution in [1.82, 2.24) is 4.90 Å². The van der Waals surface area contributed by atoms with Crippen molar-refractivity contribution in [2.24, 2.45) is 0 Å². The number of rotatable bonds is 4. The van der Waals surface area contributed by atoms with E-state index < -0.39 is 0 Å². The quantitative estimate of drug-likeness (QED) is 0.799. The summed E-state index contributed by atoms with van der Waals surface area (Å²) in [6.45, 7) is 14.0. The smallest absolute Gasteiger partial charge is 0.293 e. The Bertz CT molecular complexity index is 787. The molecule has 1 saturated heterocycles. The van der Waals surface area contributed by atoms with Gasteiger partial charge in [0.15, 0.2) is 0 Å². The number of piperazine rings is 1. The minimum Gasteiger partial charge on any atom is -0.370 e. The third kappa shape index (κ3) is 4.00. The number of amides is 1. The largest absolute Gasteiger partial charge is 0.370 e. The lowest BCUT2D eigenvalue weighted by Crippen LogP contribution is -2.51. The van der Waals surface area contributed by atoms with Gasteiger partial charge in [-0.1, -0.05) is 20.8 Å². The molecule has 6 heteroatoms. The van der Waals surface area contributed by atoms with Crippen LogP contribution in [0.4, 0.5) is 5.82 Å². The number of hydrogen-bond acceptors (Lipinski definition) is 4. The number of nitrogens with one attached hydrogen (secondary N) is 1. The van der Waals surface area contributed by atoms with Crippen molar-refractivity contribution >= 4 is 11.7 Å². The lowest BCUT2D eigenvalue weighted by Gasteiger charge is -2.35. The summed E-state index contributed by atoms with van der Waals surface area (Å²) in [4.78, 5) is 20.0. The van der Waals surface area contributed by atoms with Crippen LogP contribution in [-0.4, -0.2) is 42.6 Å². The SMILES string of the molecule is CCCC(=O)N1CCN(c2[nH+]c(C(C)C)c3c(c2C#N)CC(C)(C)OC3)CC1. The van der Waals surface area contributed by atoms with Crippen molar-refractivity contribution in [1.29, 1.82) is 5.26 Å². The van der Waals surface area contributed by atoms with Gasteiger partial charge in [-0.15, -0.1) is 0 Å². The van der Waals surface area contributed by atoms with Gasteiger partial charge in [0.25, 0.3) is 5.82 Å². The van der Waals surface area contributed by atoms with Crippen LogP contribution in [0.1, 0.15) is 75.8 Å². The van der Waals surface area contributed by atoms with Gasteiger partial charge in [0, 0.05) is 24.3 Å². The fourth-order valence-corrected chi connectivity index (χ4v) is 4.23. The van der Waals surface area contributed by atoms with E-state index in [4.69, 9.17) is 4.74 Å². The molecule has 152 valence electrons. The number of aromatic amines is 1. The number of carbonyl (C=O) groups is 1. The number of nitriles is 1. The number of ether oxygens (including phenoxy) is 1. The Kier molecular flexibility index (Phi) is 5.95. The molecule has 0 spiro atoms. The Morgan fingerprint density at radius 2 is 1.93 bits per heavy atom. The van der Waals surface area contributed by atoms with Crippen LogP contribution >= 0.6 is 0 Å². The van der Waals surface area contributed by atoms with Gasteiger partial charge in [0.2, 0.25) is 5.91 Å². The average Bonchev–Trinajstić information content (AvgIpc) is 2.66. The van der Waals surface area contributed by atoms with E-state index >= 15 is 0 Å². The molecule has 2 aliphatic heterocycles. The zero-order chi connectivity index (χ0) is 20.5. The van der Waals surface area contributed by atoms with Gasteiger partial charge in [0.1, 0.15) is 30.4 Å². The molecule has 0 bridgehead atoms. The highest BCUT2D eigenvalue weighted by Gasteiger charge is 2.37. The highest BCUT2D eigenvalue weighted by molar-refractivity contribution is 5.76. The fraction of sp³-hybridized carbons (Fsp3) is 0.682. The second kappa shape index (κ2) is 8.08. The summed E-state index contributed by atoms with van der Waals surface area (Å²) in [7, 11) is 0. The molecule has 0 saturated carbocycles. The second-order valence-corrected chi connectivity index (χ2v) is 8.83. The number of hydrogen-bond donors (Lipinski definition) is 0. The van der Waals surface area contributed by atoms with Crippen LogP contribution in [0.3, 0.4) is 0 Å². The molecule has 0 aliphatic carbocycles. The molecule has 28 heavy (non-hydrogen) atoms. The van der Waals surface area contributed by atoms with E-state index in [1.54, 1.807) is 0 Å². The summed E-state index contributed by atoms with van der Waals surface area (Å²) in [6.07, 6.45) is 2.23. The molecule has 1 aromatic heterocycles. The maximum absolute atomic E-state index is 12.2. The number of carbonyl (C=O) groups excluding carboxylic acids is 1. The van der Waals surface area contributed by atoms with Gasteiger partial charge in [-0.25, -0.2) is 4.98 Å². The summed E-state index contributed by atoms with van der Waals surface area (Å²) >= 11 is 0. The Hall–Kier alpha value is -2.13. The van der Waals surface area contributed by atoms with Crippen molar-refractivity contribution in [3.8, 4) is 6.07 Å². The molecule has 3 heterocycles. The number of aromatic nitrogens is 1. The Morgan fingerprint density at radius 3 is 2.50 bits per heavy atom. The van der Waals surface area contributed by atoms with Crippen LogP contribution in [0.25, 0.3) is 0 Å². The van der Waals surface area contributed by atoms with E-state index in [1.807, 2.05) is 11.8 Å². The molecule has 0 radical (unpaired) electrons. The van der Waals surface area contributed by atoms with E-state index in [0.717, 1.165) is 54.1 Å². The van der Waals surface area contributed by atoms with Crippen LogP contribution < -0.4 is 9.88 Å². The van der Waals surface area contributed by atoms with Gasteiger partial charge in [-0.05, 0) is 25.8 Å². The van der Waals surface area contributed by atoms with Crippen molar-refractivity contribution in [2.75, 3.05) is 31.1 Å². The van der Waals surface area contributed by atoms with Crippen LogP contribution in [0.15, 0.2) is 0 Å². The van der Waals surface area contributed by atoms with E-state index in [-0.39, 0.29) is 11.5 Å². The summed E-state index contributed by atoms with van der Waals surface area (Å²) in [5, 5.41) is 10.0. The maximum atomic E-state index is 12.2. The first-order valence-electron chi connectivity index (χ1n) is 10.4.